The van der Waals surface area contributed by atoms with Crippen molar-refractivity contribution in [2.24, 2.45) is 5.73 Å². The Morgan fingerprint density at radius 2 is 2.11 bits per heavy atom. The van der Waals surface area contributed by atoms with Crippen molar-refractivity contribution in [3.05, 3.63) is 59.5 Å². The van der Waals surface area contributed by atoms with Crippen molar-refractivity contribution in [1.29, 1.82) is 0 Å². The molecule has 1 aromatic carbocycles. The van der Waals surface area contributed by atoms with Gasteiger partial charge in [-0.05, 0) is 31.2 Å². The third-order valence-corrected chi connectivity index (χ3v) is 3.12. The summed E-state index contributed by atoms with van der Waals surface area (Å²) in [5.74, 6) is 0.354. The lowest BCUT2D eigenvalue weighted by Gasteiger charge is -2.06. The second kappa shape index (κ2) is 3.99. The van der Waals surface area contributed by atoms with Gasteiger partial charge in [0.2, 0.25) is 0 Å². The van der Waals surface area contributed by atoms with Crippen LogP contribution in [0.1, 0.15) is 22.9 Å². The van der Waals surface area contributed by atoms with Gasteiger partial charge >= 0.3 is 0 Å². The van der Waals surface area contributed by atoms with Crippen LogP contribution in [0.15, 0.2) is 45.6 Å². The molecule has 0 fully saturated rings. The fourth-order valence-corrected chi connectivity index (χ4v) is 2.11. The van der Waals surface area contributed by atoms with Gasteiger partial charge in [0.15, 0.2) is 0 Å². The Hall–Kier alpha value is -2.07. The number of halogens is 1. The summed E-state index contributed by atoms with van der Waals surface area (Å²) in [4.78, 5) is 0. The van der Waals surface area contributed by atoms with E-state index in [0.717, 1.165) is 16.5 Å². The highest BCUT2D eigenvalue weighted by molar-refractivity contribution is 5.82. The minimum atomic E-state index is -0.404. The van der Waals surface area contributed by atoms with E-state index in [4.69, 9.17) is 14.6 Å². The zero-order valence-electron chi connectivity index (χ0n) is 9.81. The first-order valence-corrected chi connectivity index (χ1v) is 5.63. The van der Waals surface area contributed by atoms with Crippen molar-refractivity contribution in [3.8, 4) is 0 Å². The van der Waals surface area contributed by atoms with Gasteiger partial charge in [-0.2, -0.15) is 0 Å². The molecule has 2 heterocycles. The molecule has 3 aromatic rings. The Balaban J connectivity index is 2.15. The molecule has 2 aromatic heterocycles. The Labute approximate surface area is 103 Å². The van der Waals surface area contributed by atoms with Gasteiger partial charge in [-0.15, -0.1) is 0 Å². The van der Waals surface area contributed by atoms with Gasteiger partial charge in [-0.3, -0.25) is 0 Å². The van der Waals surface area contributed by atoms with Gasteiger partial charge in [0, 0.05) is 16.5 Å². The minimum Gasteiger partial charge on any atom is -0.472 e. The van der Waals surface area contributed by atoms with E-state index in [1.165, 1.54) is 12.1 Å². The summed E-state index contributed by atoms with van der Waals surface area (Å²) in [6, 6.07) is 5.83. The van der Waals surface area contributed by atoms with Crippen LogP contribution in [-0.4, -0.2) is 0 Å². The van der Waals surface area contributed by atoms with E-state index in [-0.39, 0.29) is 5.82 Å². The van der Waals surface area contributed by atoms with Crippen LogP contribution < -0.4 is 5.73 Å². The Morgan fingerprint density at radius 3 is 2.83 bits per heavy atom. The van der Waals surface area contributed by atoms with E-state index in [1.54, 1.807) is 24.7 Å². The molecule has 2 N–H and O–H groups in total. The van der Waals surface area contributed by atoms with Crippen molar-refractivity contribution in [2.45, 2.75) is 13.0 Å². The maximum absolute atomic E-state index is 13.2. The predicted octanol–water partition coefficient (Wildman–Crippen LogP) is 3.52. The zero-order valence-corrected chi connectivity index (χ0v) is 9.81. The number of fused-ring (bicyclic) bond motifs is 1. The summed E-state index contributed by atoms with van der Waals surface area (Å²) in [5.41, 5.74) is 8.45. The fraction of sp³-hybridized carbons (Fsp3) is 0.143. The highest BCUT2D eigenvalue weighted by Crippen LogP contribution is 2.31. The number of aryl methyl sites for hydroxylation is 1. The van der Waals surface area contributed by atoms with Gasteiger partial charge in [0.05, 0.1) is 18.6 Å². The number of hydrogen-bond acceptors (Lipinski definition) is 3. The highest BCUT2D eigenvalue weighted by atomic mass is 19.1. The van der Waals surface area contributed by atoms with Crippen molar-refractivity contribution in [3.63, 3.8) is 0 Å². The van der Waals surface area contributed by atoms with E-state index in [0.29, 0.717) is 11.3 Å². The number of hydrogen-bond donors (Lipinski definition) is 1. The van der Waals surface area contributed by atoms with Crippen molar-refractivity contribution < 1.29 is 13.2 Å². The second-order valence-electron chi connectivity index (χ2n) is 4.27. The molecule has 18 heavy (non-hydrogen) atoms. The molecule has 0 radical (unpaired) electrons. The third kappa shape index (κ3) is 1.62. The molecule has 1 unspecified atom stereocenters. The first-order valence-electron chi connectivity index (χ1n) is 5.63. The molecule has 0 saturated carbocycles. The number of rotatable bonds is 2. The molecule has 0 amide bonds. The van der Waals surface area contributed by atoms with E-state index >= 15 is 0 Å². The lowest BCUT2D eigenvalue weighted by Crippen LogP contribution is -2.10. The molecule has 1 atom stereocenters. The molecular formula is C14H12FNO2. The summed E-state index contributed by atoms with van der Waals surface area (Å²) in [6.45, 7) is 1.88. The molecule has 3 nitrogen and oxygen atoms in total. The van der Waals surface area contributed by atoms with E-state index in [2.05, 4.69) is 0 Å². The summed E-state index contributed by atoms with van der Waals surface area (Å²) in [6.07, 6.45) is 3.14. The van der Waals surface area contributed by atoms with Crippen molar-refractivity contribution >= 4 is 11.0 Å². The van der Waals surface area contributed by atoms with E-state index in [9.17, 15) is 4.39 Å². The first kappa shape index (κ1) is 11.0. The lowest BCUT2D eigenvalue weighted by molar-refractivity contribution is 0.514. The summed E-state index contributed by atoms with van der Waals surface area (Å²) >= 11 is 0. The second-order valence-corrected chi connectivity index (χ2v) is 4.27. The maximum Gasteiger partial charge on any atom is 0.134 e. The summed E-state index contributed by atoms with van der Waals surface area (Å²) in [7, 11) is 0. The van der Waals surface area contributed by atoms with Crippen LogP contribution in [0.2, 0.25) is 0 Å². The van der Waals surface area contributed by atoms with Crippen molar-refractivity contribution in [2.75, 3.05) is 0 Å². The standard InChI is InChI=1S/C14H12FNO2/c1-8-11-6-10(15)2-3-12(11)18-14(8)13(16)9-4-5-17-7-9/h2-7,13H,16H2,1H3. The summed E-state index contributed by atoms with van der Waals surface area (Å²) in [5, 5.41) is 0.754. The first-order chi connectivity index (χ1) is 8.66. The van der Waals surface area contributed by atoms with Crippen LogP contribution in [0.4, 0.5) is 4.39 Å². The molecular weight excluding hydrogens is 233 g/mol. The maximum atomic E-state index is 13.2. The number of benzene rings is 1. The molecule has 0 saturated heterocycles. The van der Waals surface area contributed by atoms with Gasteiger partial charge in [0.1, 0.15) is 17.2 Å². The van der Waals surface area contributed by atoms with E-state index < -0.39 is 6.04 Å². The molecule has 92 valence electrons. The highest BCUT2D eigenvalue weighted by Gasteiger charge is 2.19. The molecule has 0 aliphatic heterocycles. The number of furan rings is 2. The van der Waals surface area contributed by atoms with Crippen LogP contribution in [0.25, 0.3) is 11.0 Å². The van der Waals surface area contributed by atoms with Crippen LogP contribution in [-0.2, 0) is 0 Å². The largest absolute Gasteiger partial charge is 0.472 e. The topological polar surface area (TPSA) is 52.3 Å². The SMILES string of the molecule is Cc1c(C(N)c2ccoc2)oc2ccc(F)cc12. The minimum absolute atomic E-state index is 0.283. The summed E-state index contributed by atoms with van der Waals surface area (Å²) < 4.78 is 23.9. The van der Waals surface area contributed by atoms with Crippen molar-refractivity contribution in [1.82, 2.24) is 0 Å². The van der Waals surface area contributed by atoms with Gasteiger partial charge < -0.3 is 14.6 Å². The van der Waals surface area contributed by atoms with Crippen LogP contribution in [0.5, 0.6) is 0 Å². The monoisotopic (exact) mass is 245 g/mol. The molecule has 3 rings (SSSR count). The normalized spacial score (nSPS) is 13.1. The smallest absolute Gasteiger partial charge is 0.134 e. The van der Waals surface area contributed by atoms with Crippen LogP contribution in [0, 0.1) is 12.7 Å². The van der Waals surface area contributed by atoms with Gasteiger partial charge in [0.25, 0.3) is 0 Å². The fourth-order valence-electron chi connectivity index (χ4n) is 2.11. The molecule has 4 heteroatoms. The lowest BCUT2D eigenvalue weighted by atomic mass is 10.0. The molecule has 0 aliphatic carbocycles. The molecule has 0 aliphatic rings. The van der Waals surface area contributed by atoms with Gasteiger partial charge in [-0.25, -0.2) is 4.39 Å². The number of nitrogens with two attached hydrogens (primary N) is 1. The van der Waals surface area contributed by atoms with Crippen LogP contribution >= 0.6 is 0 Å². The van der Waals surface area contributed by atoms with Crippen LogP contribution in [0.3, 0.4) is 0 Å². The Morgan fingerprint density at radius 1 is 1.28 bits per heavy atom. The Bertz CT molecular complexity index is 685. The Kier molecular flexibility index (Phi) is 2.45. The van der Waals surface area contributed by atoms with Gasteiger partial charge in [-0.1, -0.05) is 0 Å². The quantitative estimate of drug-likeness (QED) is 0.751. The average Bonchev–Trinajstić information content (AvgIpc) is 2.98. The predicted molar refractivity (Wildman–Crippen MR) is 65.6 cm³/mol. The molecule has 0 spiro atoms. The average molecular weight is 245 g/mol. The third-order valence-electron chi connectivity index (χ3n) is 3.12. The van der Waals surface area contributed by atoms with E-state index in [1.807, 2.05) is 6.92 Å². The zero-order chi connectivity index (χ0) is 12.7. The molecule has 0 bridgehead atoms.